The lowest BCUT2D eigenvalue weighted by molar-refractivity contribution is 0.258. The lowest BCUT2D eigenvalue weighted by Crippen LogP contribution is -2.17. The molecular weight excluding hydrogens is 390 g/mol. The van der Waals surface area contributed by atoms with E-state index in [9.17, 15) is 0 Å². The van der Waals surface area contributed by atoms with Crippen molar-refractivity contribution < 1.29 is 13.9 Å². The summed E-state index contributed by atoms with van der Waals surface area (Å²) in [5.74, 6) is 2.51. The van der Waals surface area contributed by atoms with Gasteiger partial charge in [0, 0.05) is 25.6 Å². The third-order valence-electron chi connectivity index (χ3n) is 4.39. The van der Waals surface area contributed by atoms with Crippen molar-refractivity contribution in [1.29, 1.82) is 0 Å². The second-order valence-electron chi connectivity index (χ2n) is 6.74. The maximum absolute atomic E-state index is 5.80. The highest BCUT2D eigenvalue weighted by Crippen LogP contribution is 2.26. The van der Waals surface area contributed by atoms with Gasteiger partial charge in [-0.15, -0.1) is 10.2 Å². The lowest BCUT2D eigenvalue weighted by atomic mass is 10.1. The Balaban J connectivity index is 1.44. The number of ether oxygens (including phenoxy) is 2. The van der Waals surface area contributed by atoms with Crippen molar-refractivity contribution in [3.05, 3.63) is 59.3 Å². The third kappa shape index (κ3) is 4.69. The van der Waals surface area contributed by atoms with Crippen LogP contribution in [0.5, 0.6) is 11.5 Å². The minimum absolute atomic E-state index is 0.226. The number of methoxy groups -OCH3 is 1. The number of aryl methyl sites for hydroxylation is 1. The molecule has 0 spiro atoms. The number of aromatic nitrogens is 4. The molecule has 2 aromatic heterocycles. The van der Waals surface area contributed by atoms with Gasteiger partial charge in [0.2, 0.25) is 5.89 Å². The maximum Gasteiger partial charge on any atom is 0.253 e. The van der Waals surface area contributed by atoms with E-state index in [2.05, 4.69) is 43.0 Å². The molecule has 0 saturated heterocycles. The quantitative estimate of drug-likeness (QED) is 0.435. The second-order valence-corrected chi connectivity index (χ2v) is 7.27. The largest absolute Gasteiger partial charge is 0.496 e. The molecule has 4 rings (SSSR count). The number of hydrogen-bond donors (Lipinski definition) is 0. The van der Waals surface area contributed by atoms with Crippen LogP contribution in [-0.2, 0) is 19.7 Å². The molecule has 4 aromatic rings. The molecule has 0 atom stereocenters. The van der Waals surface area contributed by atoms with Gasteiger partial charge in [0.05, 0.1) is 18.8 Å². The molecule has 2 heterocycles. The van der Waals surface area contributed by atoms with E-state index >= 15 is 0 Å². The van der Waals surface area contributed by atoms with Gasteiger partial charge in [-0.05, 0) is 42.9 Å². The van der Waals surface area contributed by atoms with Crippen molar-refractivity contribution in [2.24, 2.45) is 0 Å². The average molecular weight is 411 g/mol. The van der Waals surface area contributed by atoms with Crippen LogP contribution in [0.3, 0.4) is 0 Å². The van der Waals surface area contributed by atoms with Crippen LogP contribution in [0.15, 0.2) is 40.8 Å². The molecule has 0 aliphatic heterocycles. The topological polar surface area (TPSA) is 86.4 Å². The first-order valence-corrected chi connectivity index (χ1v) is 9.82. The van der Waals surface area contributed by atoms with Crippen molar-refractivity contribution in [2.45, 2.75) is 26.6 Å². The van der Waals surface area contributed by atoms with Crippen molar-refractivity contribution in [2.75, 3.05) is 14.2 Å². The van der Waals surface area contributed by atoms with Crippen LogP contribution in [0.1, 0.15) is 22.9 Å². The summed E-state index contributed by atoms with van der Waals surface area (Å²) in [5.41, 5.74) is 4.09. The van der Waals surface area contributed by atoms with E-state index in [1.165, 1.54) is 17.3 Å². The molecule has 9 heteroatoms. The summed E-state index contributed by atoms with van der Waals surface area (Å²) in [7, 11) is 3.74. The Morgan fingerprint density at radius 3 is 2.69 bits per heavy atom. The van der Waals surface area contributed by atoms with Crippen molar-refractivity contribution in [3.8, 4) is 11.5 Å². The first-order chi connectivity index (χ1) is 14.1. The Morgan fingerprint density at radius 1 is 1.03 bits per heavy atom. The molecule has 0 radical (unpaired) electrons. The Labute approximate surface area is 172 Å². The number of hydrogen-bond acceptors (Lipinski definition) is 9. The molecule has 0 aliphatic carbocycles. The van der Waals surface area contributed by atoms with Crippen LogP contribution in [0.4, 0.5) is 0 Å². The molecule has 29 heavy (non-hydrogen) atoms. The van der Waals surface area contributed by atoms with Crippen LogP contribution < -0.4 is 9.47 Å². The minimum Gasteiger partial charge on any atom is -0.496 e. The highest BCUT2D eigenvalue weighted by atomic mass is 32.1. The van der Waals surface area contributed by atoms with Gasteiger partial charge < -0.3 is 13.9 Å². The molecule has 0 unspecified atom stereocenters. The first-order valence-electron chi connectivity index (χ1n) is 9.09. The Kier molecular flexibility index (Phi) is 5.68. The highest BCUT2D eigenvalue weighted by molar-refractivity contribution is 7.00. The standard InChI is InChI=1S/C20H21N5O3S/c1-13-21-22-20(28-13)12-27-16-5-7-19(26-3)15(9-16)11-25(2)10-14-4-6-17-18(8-14)24-29-23-17/h4-9H,10-12H2,1-3H3. The number of benzene rings is 2. The Hall–Kier alpha value is -3.04. The van der Waals surface area contributed by atoms with Gasteiger partial charge in [-0.25, -0.2) is 0 Å². The van der Waals surface area contributed by atoms with Crippen LogP contribution in [-0.4, -0.2) is 38.0 Å². The van der Waals surface area contributed by atoms with Gasteiger partial charge in [-0.2, -0.15) is 8.75 Å². The van der Waals surface area contributed by atoms with E-state index in [4.69, 9.17) is 13.9 Å². The van der Waals surface area contributed by atoms with Crippen molar-refractivity contribution >= 4 is 22.8 Å². The predicted molar refractivity (Wildman–Crippen MR) is 109 cm³/mol. The summed E-state index contributed by atoms with van der Waals surface area (Å²) in [6.07, 6.45) is 0. The van der Waals surface area contributed by atoms with Crippen molar-refractivity contribution in [1.82, 2.24) is 23.8 Å². The second kappa shape index (κ2) is 8.54. The van der Waals surface area contributed by atoms with Gasteiger partial charge in [-0.3, -0.25) is 4.90 Å². The summed E-state index contributed by atoms with van der Waals surface area (Å²) in [5, 5.41) is 7.75. The smallest absolute Gasteiger partial charge is 0.253 e. The molecule has 0 saturated carbocycles. The fourth-order valence-electron chi connectivity index (χ4n) is 3.09. The molecule has 2 aromatic carbocycles. The van der Waals surface area contributed by atoms with Crippen LogP contribution >= 0.6 is 11.7 Å². The zero-order chi connectivity index (χ0) is 20.2. The number of rotatable bonds is 8. The van der Waals surface area contributed by atoms with Crippen LogP contribution in [0.25, 0.3) is 11.0 Å². The highest BCUT2D eigenvalue weighted by Gasteiger charge is 2.11. The lowest BCUT2D eigenvalue weighted by Gasteiger charge is -2.19. The van der Waals surface area contributed by atoms with Gasteiger partial charge >= 0.3 is 0 Å². The van der Waals surface area contributed by atoms with Gasteiger partial charge in [0.25, 0.3) is 5.89 Å². The van der Waals surface area contributed by atoms with Crippen LogP contribution in [0, 0.1) is 6.92 Å². The van der Waals surface area contributed by atoms with E-state index in [1.807, 2.05) is 24.3 Å². The van der Waals surface area contributed by atoms with Gasteiger partial charge in [0.15, 0.2) is 6.61 Å². The molecule has 0 N–H and O–H groups in total. The van der Waals surface area contributed by atoms with E-state index < -0.39 is 0 Å². The first kappa shape index (κ1) is 19.3. The predicted octanol–water partition coefficient (Wildman–Crippen LogP) is 3.60. The number of fused-ring (bicyclic) bond motifs is 1. The molecule has 0 fully saturated rings. The molecule has 150 valence electrons. The summed E-state index contributed by atoms with van der Waals surface area (Å²) in [6, 6.07) is 11.9. The van der Waals surface area contributed by atoms with E-state index in [0.717, 1.165) is 34.6 Å². The van der Waals surface area contributed by atoms with E-state index in [-0.39, 0.29) is 6.61 Å². The fraction of sp³-hybridized carbons (Fsp3) is 0.300. The van der Waals surface area contributed by atoms with Crippen LogP contribution in [0.2, 0.25) is 0 Å². The zero-order valence-corrected chi connectivity index (χ0v) is 17.3. The summed E-state index contributed by atoms with van der Waals surface area (Å²) in [6.45, 7) is 3.46. The van der Waals surface area contributed by atoms with E-state index in [0.29, 0.717) is 18.3 Å². The zero-order valence-electron chi connectivity index (χ0n) is 16.5. The summed E-state index contributed by atoms with van der Waals surface area (Å²) >= 11 is 1.23. The SMILES string of the molecule is COc1ccc(OCc2nnc(C)o2)cc1CN(C)Cc1ccc2nsnc2c1. The monoisotopic (exact) mass is 411 g/mol. The fourth-order valence-corrected chi connectivity index (χ4v) is 3.61. The van der Waals surface area contributed by atoms with Gasteiger partial charge in [-0.1, -0.05) is 6.07 Å². The molecule has 0 amide bonds. The van der Waals surface area contributed by atoms with E-state index in [1.54, 1.807) is 14.0 Å². The minimum atomic E-state index is 0.226. The normalized spacial score (nSPS) is 11.3. The third-order valence-corrected chi connectivity index (χ3v) is 4.95. The number of nitrogens with zero attached hydrogens (tertiary/aromatic N) is 5. The van der Waals surface area contributed by atoms with Gasteiger partial charge in [0.1, 0.15) is 22.5 Å². The average Bonchev–Trinajstić information content (AvgIpc) is 3.34. The molecule has 8 nitrogen and oxygen atoms in total. The Morgan fingerprint density at radius 2 is 1.90 bits per heavy atom. The summed E-state index contributed by atoms with van der Waals surface area (Å²) < 4.78 is 25.2. The molecule has 0 aliphatic rings. The molecule has 0 bridgehead atoms. The molecular formula is C20H21N5O3S. The summed E-state index contributed by atoms with van der Waals surface area (Å²) in [4.78, 5) is 2.21. The Bertz CT molecular complexity index is 1110. The van der Waals surface area contributed by atoms with Crippen molar-refractivity contribution in [3.63, 3.8) is 0 Å². The maximum atomic E-state index is 5.80.